The van der Waals surface area contributed by atoms with Crippen LogP contribution in [0, 0.1) is 5.82 Å². The molecule has 4 rings (SSSR count). The van der Waals surface area contributed by atoms with E-state index in [4.69, 9.17) is 14.0 Å². The maximum absolute atomic E-state index is 14.6. The van der Waals surface area contributed by atoms with Crippen LogP contribution < -0.4 is 10.2 Å². The predicted molar refractivity (Wildman–Crippen MR) is 120 cm³/mol. The fraction of sp³-hybridized carbons (Fsp3) is 0.360. The molecule has 1 aliphatic rings. The third-order valence-corrected chi connectivity index (χ3v) is 6.28. The van der Waals surface area contributed by atoms with Gasteiger partial charge in [-0.05, 0) is 79.7 Å². The van der Waals surface area contributed by atoms with Crippen LogP contribution in [0.15, 0.2) is 54.6 Å². The first-order valence-corrected chi connectivity index (χ1v) is 10.5. The molecule has 1 saturated heterocycles. The van der Waals surface area contributed by atoms with Crippen molar-refractivity contribution < 1.29 is 18.4 Å². The molecule has 0 amide bonds. The summed E-state index contributed by atoms with van der Waals surface area (Å²) in [6, 6.07) is 17.2. The molecule has 0 bridgehead atoms. The second-order valence-corrected chi connectivity index (χ2v) is 8.85. The topological polar surface area (TPSA) is 27.7 Å². The van der Waals surface area contributed by atoms with Gasteiger partial charge in [-0.15, -0.1) is 0 Å². The highest BCUT2D eigenvalue weighted by molar-refractivity contribution is 6.65. The number of hydrogen-bond acceptors (Lipinski definition) is 3. The normalized spacial score (nSPS) is 17.5. The van der Waals surface area contributed by atoms with Gasteiger partial charge in [0.25, 0.3) is 0 Å². The number of fused-ring (bicyclic) bond motifs is 1. The lowest BCUT2D eigenvalue weighted by Crippen LogP contribution is -2.41. The summed E-state index contributed by atoms with van der Waals surface area (Å²) in [6.45, 7) is 10.5. The second-order valence-electron chi connectivity index (χ2n) is 8.85. The molecule has 1 fully saturated rings. The Balaban J connectivity index is 1.80. The Morgan fingerprint density at radius 1 is 0.933 bits per heavy atom. The van der Waals surface area contributed by atoms with Gasteiger partial charge in [0, 0.05) is 0 Å². The molecule has 0 radical (unpaired) electrons. The predicted octanol–water partition coefficient (Wildman–Crippen LogP) is 5.42. The van der Waals surface area contributed by atoms with Crippen molar-refractivity contribution in [2.45, 2.75) is 58.8 Å². The molecular weight excluding hydrogens is 378 g/mol. The first kappa shape index (κ1) is 20.9. The van der Waals surface area contributed by atoms with E-state index in [-0.39, 0.29) is 5.82 Å². The molecule has 0 saturated carbocycles. The van der Waals surface area contributed by atoms with E-state index in [0.717, 1.165) is 21.8 Å². The minimum atomic E-state index is -0.593. The maximum Gasteiger partial charge on any atom is 0.495 e. The van der Waals surface area contributed by atoms with Crippen molar-refractivity contribution in [1.29, 1.82) is 0 Å². The van der Waals surface area contributed by atoms with Gasteiger partial charge in [-0.1, -0.05) is 43.3 Å². The van der Waals surface area contributed by atoms with Gasteiger partial charge in [0.2, 0.25) is 0 Å². The van der Waals surface area contributed by atoms with Crippen LogP contribution in [0.5, 0.6) is 5.75 Å². The smallest absolute Gasteiger partial charge is 0.489 e. The molecule has 5 heteroatoms. The van der Waals surface area contributed by atoms with E-state index in [1.807, 2.05) is 77.1 Å². The third-order valence-electron chi connectivity index (χ3n) is 6.28. The van der Waals surface area contributed by atoms with Crippen molar-refractivity contribution in [3.05, 3.63) is 71.5 Å². The Morgan fingerprint density at radius 2 is 1.60 bits per heavy atom. The summed E-state index contributed by atoms with van der Waals surface area (Å²) in [6.07, 6.45) is 0.583. The lowest BCUT2D eigenvalue weighted by Gasteiger charge is -2.32. The van der Waals surface area contributed by atoms with Crippen molar-refractivity contribution in [3.8, 4) is 5.75 Å². The van der Waals surface area contributed by atoms with Crippen LogP contribution in [-0.2, 0) is 22.3 Å². The van der Waals surface area contributed by atoms with Gasteiger partial charge >= 0.3 is 7.12 Å². The van der Waals surface area contributed by atoms with E-state index in [1.165, 1.54) is 6.07 Å². The Kier molecular flexibility index (Phi) is 5.37. The largest absolute Gasteiger partial charge is 0.495 e. The summed E-state index contributed by atoms with van der Waals surface area (Å²) in [7, 11) is -0.593. The van der Waals surface area contributed by atoms with Crippen molar-refractivity contribution in [2.75, 3.05) is 0 Å². The lowest BCUT2D eigenvalue weighted by atomic mass is 9.74. The minimum Gasteiger partial charge on any atom is -0.489 e. The highest BCUT2D eigenvalue weighted by atomic mass is 19.1. The Morgan fingerprint density at radius 3 is 2.23 bits per heavy atom. The van der Waals surface area contributed by atoms with Gasteiger partial charge in [-0.3, -0.25) is 0 Å². The first-order chi connectivity index (χ1) is 14.2. The van der Waals surface area contributed by atoms with Crippen LogP contribution in [0.3, 0.4) is 0 Å². The third kappa shape index (κ3) is 3.72. The van der Waals surface area contributed by atoms with Crippen LogP contribution in [0.25, 0.3) is 10.8 Å². The van der Waals surface area contributed by atoms with E-state index >= 15 is 0 Å². The molecule has 0 aliphatic carbocycles. The Bertz CT molecular complexity index is 1050. The van der Waals surface area contributed by atoms with E-state index in [2.05, 4.69) is 0 Å². The van der Waals surface area contributed by atoms with Gasteiger partial charge in [0.05, 0.1) is 11.2 Å². The van der Waals surface area contributed by atoms with Crippen molar-refractivity contribution in [3.63, 3.8) is 0 Å². The molecule has 0 atom stereocenters. The van der Waals surface area contributed by atoms with Crippen LogP contribution in [0.1, 0.15) is 45.7 Å². The molecule has 1 heterocycles. The minimum absolute atomic E-state index is 0.208. The summed E-state index contributed by atoms with van der Waals surface area (Å²) in [5.74, 6) is 0.505. The number of rotatable bonds is 5. The van der Waals surface area contributed by atoms with Gasteiger partial charge in [0.15, 0.2) is 0 Å². The maximum atomic E-state index is 14.6. The summed E-state index contributed by atoms with van der Waals surface area (Å²) in [5.41, 5.74) is 1.61. The number of aryl methyl sites for hydroxylation is 1. The van der Waals surface area contributed by atoms with E-state index in [1.54, 1.807) is 6.07 Å². The highest BCUT2D eigenvalue weighted by Gasteiger charge is 2.52. The molecule has 1 aliphatic heterocycles. The zero-order valence-electron chi connectivity index (χ0n) is 18.3. The molecule has 0 N–H and O–H groups in total. The molecule has 3 nitrogen and oxygen atoms in total. The van der Waals surface area contributed by atoms with Crippen molar-refractivity contribution in [1.82, 2.24) is 0 Å². The van der Waals surface area contributed by atoms with Crippen LogP contribution >= 0.6 is 0 Å². The molecule has 156 valence electrons. The molecule has 30 heavy (non-hydrogen) atoms. The zero-order valence-corrected chi connectivity index (χ0v) is 18.3. The summed E-state index contributed by atoms with van der Waals surface area (Å²) < 4.78 is 33.4. The molecular formula is C25H28BFO3. The quantitative estimate of drug-likeness (QED) is 0.530. The first-order valence-electron chi connectivity index (χ1n) is 10.5. The number of hydrogen-bond donors (Lipinski definition) is 0. The van der Waals surface area contributed by atoms with Crippen LogP contribution in [0.2, 0.25) is 0 Å². The average molecular weight is 406 g/mol. The average Bonchev–Trinajstić information content (AvgIpc) is 2.93. The number of halogens is 1. The monoisotopic (exact) mass is 406 g/mol. The Hall–Kier alpha value is -2.37. The van der Waals surface area contributed by atoms with Crippen molar-refractivity contribution >= 4 is 23.4 Å². The van der Waals surface area contributed by atoms with Crippen LogP contribution in [0.4, 0.5) is 4.39 Å². The summed E-state index contributed by atoms with van der Waals surface area (Å²) >= 11 is 0. The molecule has 3 aromatic carbocycles. The number of benzene rings is 3. The SMILES string of the molecule is CCc1c(F)ccc2cc(OCc3ccccc3)cc(B3OC(C)(C)C(C)(C)O3)c12. The van der Waals surface area contributed by atoms with E-state index in [9.17, 15) is 4.39 Å². The van der Waals surface area contributed by atoms with Gasteiger partial charge in [-0.25, -0.2) is 4.39 Å². The molecule has 3 aromatic rings. The Labute approximate surface area is 178 Å². The summed E-state index contributed by atoms with van der Waals surface area (Å²) in [5, 5.41) is 1.77. The molecule has 0 spiro atoms. The van der Waals surface area contributed by atoms with Crippen LogP contribution in [-0.4, -0.2) is 18.3 Å². The van der Waals surface area contributed by atoms with E-state index in [0.29, 0.717) is 24.3 Å². The van der Waals surface area contributed by atoms with Gasteiger partial charge in [0.1, 0.15) is 18.2 Å². The standard InChI is InChI=1S/C25H28BFO3/c1-6-20-22(27)13-12-18-14-19(28-16-17-10-8-7-9-11-17)15-21(23(18)20)26-29-24(2,3)25(4,5)30-26/h7-15H,6,16H2,1-5H3. The van der Waals surface area contributed by atoms with E-state index < -0.39 is 18.3 Å². The lowest BCUT2D eigenvalue weighted by molar-refractivity contribution is 0.00578. The summed E-state index contributed by atoms with van der Waals surface area (Å²) in [4.78, 5) is 0. The second kappa shape index (κ2) is 7.71. The van der Waals surface area contributed by atoms with Crippen molar-refractivity contribution in [2.24, 2.45) is 0 Å². The highest BCUT2D eigenvalue weighted by Crippen LogP contribution is 2.38. The van der Waals surface area contributed by atoms with Gasteiger partial charge in [-0.2, -0.15) is 0 Å². The fourth-order valence-corrected chi connectivity index (χ4v) is 3.85. The molecule has 0 unspecified atom stereocenters. The number of ether oxygens (including phenoxy) is 1. The van der Waals surface area contributed by atoms with Gasteiger partial charge < -0.3 is 14.0 Å². The zero-order chi connectivity index (χ0) is 21.5. The fourth-order valence-electron chi connectivity index (χ4n) is 3.85. The molecule has 0 aromatic heterocycles.